The zero-order valence-corrected chi connectivity index (χ0v) is 21.2. The monoisotopic (exact) mass is 537 g/mol. The molecule has 10 nitrogen and oxygen atoms in total. The van der Waals surface area contributed by atoms with E-state index in [2.05, 4.69) is 19.9 Å². The Bertz CT molecular complexity index is 1440. The van der Waals surface area contributed by atoms with Crippen molar-refractivity contribution >= 4 is 38.6 Å². The maximum absolute atomic E-state index is 13.3. The molecule has 3 fully saturated rings. The maximum atomic E-state index is 13.3. The van der Waals surface area contributed by atoms with Gasteiger partial charge in [0.05, 0.1) is 11.9 Å². The van der Waals surface area contributed by atoms with Crippen molar-refractivity contribution in [2.24, 2.45) is 5.92 Å². The summed E-state index contributed by atoms with van der Waals surface area (Å²) in [4.78, 5) is 20.9. The summed E-state index contributed by atoms with van der Waals surface area (Å²) in [6.45, 7) is 3.99. The van der Waals surface area contributed by atoms with Crippen LogP contribution in [0.3, 0.4) is 0 Å². The third-order valence-electron chi connectivity index (χ3n) is 6.96. The number of sulfonamides is 1. The minimum absolute atomic E-state index is 0.0486. The number of imidazole rings is 1. The van der Waals surface area contributed by atoms with Crippen molar-refractivity contribution in [3.05, 3.63) is 23.5 Å². The van der Waals surface area contributed by atoms with Gasteiger partial charge >= 0.3 is 0 Å². The highest BCUT2D eigenvalue weighted by molar-refractivity contribution is 7.89. The van der Waals surface area contributed by atoms with Crippen molar-refractivity contribution in [2.75, 3.05) is 31.1 Å². The molecule has 2 aliphatic carbocycles. The van der Waals surface area contributed by atoms with E-state index < -0.39 is 27.0 Å². The van der Waals surface area contributed by atoms with Crippen LogP contribution >= 0.6 is 11.3 Å². The molecule has 6 rings (SSSR count). The molecular weight excluding hydrogens is 512 g/mol. The molecule has 36 heavy (non-hydrogen) atoms. The molecular formula is C22H25F2N7O3S2. The lowest BCUT2D eigenvalue weighted by Gasteiger charge is -2.36. The Kier molecular flexibility index (Phi) is 5.53. The molecule has 192 valence electrons. The quantitative estimate of drug-likeness (QED) is 0.493. The Hall–Kier alpha value is -2.71. The molecule has 3 aliphatic rings. The Balaban J connectivity index is 1.40. The van der Waals surface area contributed by atoms with Gasteiger partial charge in [0.25, 0.3) is 6.43 Å². The number of hydrogen-bond acceptors (Lipinski definition) is 8. The highest BCUT2D eigenvalue weighted by Gasteiger charge is 2.42. The van der Waals surface area contributed by atoms with E-state index in [4.69, 9.17) is 0 Å². The Morgan fingerprint density at radius 3 is 2.53 bits per heavy atom. The average molecular weight is 538 g/mol. The zero-order valence-electron chi connectivity index (χ0n) is 19.5. The summed E-state index contributed by atoms with van der Waals surface area (Å²) >= 11 is 0.745. The molecule has 1 N–H and O–H groups in total. The molecule has 4 heterocycles. The van der Waals surface area contributed by atoms with Crippen molar-refractivity contribution in [3.8, 4) is 10.7 Å². The number of fused-ring (bicyclic) bond motifs is 1. The van der Waals surface area contributed by atoms with Crippen molar-refractivity contribution in [1.29, 1.82) is 0 Å². The molecule has 1 aliphatic heterocycles. The zero-order chi connectivity index (χ0) is 25.2. The van der Waals surface area contributed by atoms with Crippen LogP contribution in [0, 0.1) is 5.92 Å². The molecule has 0 atom stereocenters. The van der Waals surface area contributed by atoms with Gasteiger partial charge in [0, 0.05) is 43.8 Å². The fourth-order valence-corrected chi connectivity index (χ4v) is 6.63. The summed E-state index contributed by atoms with van der Waals surface area (Å²) < 4.78 is 57.2. The second kappa shape index (κ2) is 8.42. The van der Waals surface area contributed by atoms with Crippen molar-refractivity contribution in [2.45, 2.75) is 49.5 Å². The van der Waals surface area contributed by atoms with Gasteiger partial charge in [0.15, 0.2) is 15.7 Å². The van der Waals surface area contributed by atoms with E-state index in [1.807, 2.05) is 16.7 Å². The molecule has 3 aromatic heterocycles. The largest absolute Gasteiger partial charge is 0.365 e. The van der Waals surface area contributed by atoms with Gasteiger partial charge in [-0.15, -0.1) is 10.2 Å². The van der Waals surface area contributed by atoms with Gasteiger partial charge < -0.3 is 9.80 Å². The number of pyridine rings is 1. The number of nitrogens with one attached hydrogen (secondary N) is 1. The lowest BCUT2D eigenvalue weighted by molar-refractivity contribution is -0.132. The van der Waals surface area contributed by atoms with Crippen molar-refractivity contribution in [3.63, 3.8) is 0 Å². The third-order valence-corrected chi connectivity index (χ3v) is 9.52. The molecule has 0 spiro atoms. The lowest BCUT2D eigenvalue weighted by atomic mass is 10.2. The van der Waals surface area contributed by atoms with Crippen LogP contribution in [0.5, 0.6) is 0 Å². The number of alkyl halides is 2. The van der Waals surface area contributed by atoms with Gasteiger partial charge in [-0.1, -0.05) is 11.3 Å². The van der Waals surface area contributed by atoms with Crippen LogP contribution in [0.2, 0.25) is 0 Å². The smallest absolute Gasteiger partial charge is 0.291 e. The number of piperazine rings is 1. The lowest BCUT2D eigenvalue weighted by Crippen LogP contribution is -2.49. The SMILES string of the molecule is CC1(NS(=O)(=O)c2cc(N3CCN(C(=O)C4CC4)CC3)c3ncc(-c4nnc(C(F)F)s4)n3c2)CC1. The van der Waals surface area contributed by atoms with Crippen LogP contribution in [0.15, 0.2) is 23.4 Å². The van der Waals surface area contributed by atoms with Crippen molar-refractivity contribution < 1.29 is 22.0 Å². The maximum Gasteiger partial charge on any atom is 0.291 e. The molecule has 1 amide bonds. The minimum atomic E-state index is -3.86. The van der Waals surface area contributed by atoms with Crippen molar-refractivity contribution in [1.82, 2.24) is 29.2 Å². The first-order chi connectivity index (χ1) is 17.1. The van der Waals surface area contributed by atoms with Gasteiger partial charge in [-0.2, -0.15) is 0 Å². The van der Waals surface area contributed by atoms with Crippen LogP contribution in [-0.4, -0.2) is 70.5 Å². The van der Waals surface area contributed by atoms with Crippen LogP contribution < -0.4 is 9.62 Å². The topological polar surface area (TPSA) is 113 Å². The number of anilines is 1. The van der Waals surface area contributed by atoms with Gasteiger partial charge in [-0.05, 0) is 38.7 Å². The van der Waals surface area contributed by atoms with Gasteiger partial charge in [-0.3, -0.25) is 9.20 Å². The van der Waals surface area contributed by atoms with Crippen LogP contribution in [-0.2, 0) is 14.8 Å². The van der Waals surface area contributed by atoms with Crippen LogP contribution in [0.4, 0.5) is 14.5 Å². The van der Waals surface area contributed by atoms with E-state index in [0.717, 1.165) is 37.0 Å². The van der Waals surface area contributed by atoms with E-state index in [-0.39, 0.29) is 21.7 Å². The minimum Gasteiger partial charge on any atom is -0.365 e. The predicted octanol–water partition coefficient (Wildman–Crippen LogP) is 2.68. The molecule has 0 unspecified atom stereocenters. The molecule has 0 bridgehead atoms. The number of halogens is 2. The second-order valence-electron chi connectivity index (χ2n) is 9.90. The molecule has 2 saturated carbocycles. The van der Waals surface area contributed by atoms with Crippen LogP contribution in [0.1, 0.15) is 44.0 Å². The van der Waals surface area contributed by atoms with E-state index in [1.54, 1.807) is 10.5 Å². The first kappa shape index (κ1) is 23.7. The van der Waals surface area contributed by atoms with E-state index >= 15 is 0 Å². The number of hydrogen-bond donors (Lipinski definition) is 1. The summed E-state index contributed by atoms with van der Waals surface area (Å²) in [6.07, 6.45) is 3.60. The molecule has 14 heteroatoms. The fraction of sp³-hybridized carbons (Fsp3) is 0.545. The Morgan fingerprint density at radius 1 is 1.19 bits per heavy atom. The van der Waals surface area contributed by atoms with E-state index in [0.29, 0.717) is 43.2 Å². The summed E-state index contributed by atoms with van der Waals surface area (Å²) in [5, 5.41) is 7.26. The number of amides is 1. The first-order valence-electron chi connectivity index (χ1n) is 11.8. The number of carbonyl (C=O) groups excluding carboxylic acids is 1. The normalized spacial score (nSPS) is 19.9. The third kappa shape index (κ3) is 4.34. The predicted molar refractivity (Wildman–Crippen MR) is 129 cm³/mol. The summed E-state index contributed by atoms with van der Waals surface area (Å²) in [5.74, 6) is 0.332. The summed E-state index contributed by atoms with van der Waals surface area (Å²) in [6, 6.07) is 1.60. The Labute approximate surface area is 210 Å². The molecule has 3 aromatic rings. The van der Waals surface area contributed by atoms with E-state index in [9.17, 15) is 22.0 Å². The average Bonchev–Trinajstić information content (AvgIpc) is 3.72. The standard InChI is InChI=1S/C22H25F2N7O3S2/c1-22(4-5-22)28-36(33,34)14-10-15(29-6-8-30(9-7-29)21(32)13-2-3-13)18-25-11-16(31(18)12-14)19-26-27-20(35-19)17(23)24/h10-13,17,28H,2-9H2,1H3. The highest BCUT2D eigenvalue weighted by atomic mass is 32.2. The van der Waals surface area contributed by atoms with Gasteiger partial charge in [-0.25, -0.2) is 26.9 Å². The number of aromatic nitrogens is 4. The molecule has 1 saturated heterocycles. The van der Waals surface area contributed by atoms with Gasteiger partial charge in [0.2, 0.25) is 15.9 Å². The number of carbonyl (C=O) groups is 1. The molecule has 0 radical (unpaired) electrons. The van der Waals surface area contributed by atoms with Gasteiger partial charge in [0.1, 0.15) is 10.6 Å². The summed E-state index contributed by atoms with van der Waals surface area (Å²) in [7, 11) is -3.86. The van der Waals surface area contributed by atoms with E-state index in [1.165, 1.54) is 12.4 Å². The number of rotatable bonds is 7. The Morgan fingerprint density at radius 2 is 1.92 bits per heavy atom. The summed E-state index contributed by atoms with van der Waals surface area (Å²) in [5.41, 5.74) is 0.999. The second-order valence-corrected chi connectivity index (χ2v) is 12.6. The molecule has 0 aromatic carbocycles. The highest BCUT2D eigenvalue weighted by Crippen LogP contribution is 2.38. The van der Waals surface area contributed by atoms with Crippen LogP contribution in [0.25, 0.3) is 16.3 Å². The first-order valence-corrected chi connectivity index (χ1v) is 14.1. The fourth-order valence-electron chi connectivity index (χ4n) is 4.44. The number of nitrogens with zero attached hydrogens (tertiary/aromatic N) is 6.